The predicted molar refractivity (Wildman–Crippen MR) is 97.0 cm³/mol. The summed E-state index contributed by atoms with van der Waals surface area (Å²) in [6.07, 6.45) is 6.85. The van der Waals surface area contributed by atoms with Crippen LogP contribution in [0, 0.1) is 0 Å². The van der Waals surface area contributed by atoms with E-state index in [0.717, 1.165) is 30.8 Å². The summed E-state index contributed by atoms with van der Waals surface area (Å²) in [4.78, 5) is 16.8. The molecule has 0 bridgehead atoms. The third-order valence-corrected chi connectivity index (χ3v) is 6.01. The van der Waals surface area contributed by atoms with Crippen molar-refractivity contribution in [1.29, 1.82) is 0 Å². The van der Waals surface area contributed by atoms with E-state index in [1.165, 1.54) is 31.0 Å². The number of ether oxygens (including phenoxy) is 1. The SMILES string of the molecule is C[C@@H]1C[C@@H](Sc2nc(C3CCCCC3)n(-c3ccccc3)n2)C(=O)O1. The molecule has 1 aromatic heterocycles. The van der Waals surface area contributed by atoms with Gasteiger partial charge in [0.1, 0.15) is 17.2 Å². The average Bonchev–Trinajstić information content (AvgIpc) is 3.20. The number of aromatic nitrogens is 3. The molecule has 1 aromatic carbocycles. The van der Waals surface area contributed by atoms with Crippen molar-refractivity contribution in [3.05, 3.63) is 36.2 Å². The van der Waals surface area contributed by atoms with Crippen molar-refractivity contribution in [1.82, 2.24) is 14.8 Å². The van der Waals surface area contributed by atoms with Crippen molar-refractivity contribution in [2.45, 2.75) is 67.9 Å². The van der Waals surface area contributed by atoms with Crippen LogP contribution in [-0.2, 0) is 9.53 Å². The van der Waals surface area contributed by atoms with Crippen LogP contribution in [-0.4, -0.2) is 32.1 Å². The number of para-hydroxylation sites is 1. The van der Waals surface area contributed by atoms with E-state index in [4.69, 9.17) is 14.8 Å². The number of cyclic esters (lactones) is 1. The van der Waals surface area contributed by atoms with Crippen LogP contribution in [0.1, 0.15) is 57.2 Å². The Morgan fingerprint density at radius 3 is 2.60 bits per heavy atom. The van der Waals surface area contributed by atoms with E-state index in [9.17, 15) is 4.79 Å². The molecule has 0 N–H and O–H groups in total. The van der Waals surface area contributed by atoms with Gasteiger partial charge in [-0.3, -0.25) is 4.79 Å². The van der Waals surface area contributed by atoms with Crippen LogP contribution in [0.15, 0.2) is 35.5 Å². The third kappa shape index (κ3) is 3.59. The Morgan fingerprint density at radius 1 is 1.16 bits per heavy atom. The number of carbonyl (C=O) groups is 1. The zero-order valence-electron chi connectivity index (χ0n) is 14.4. The molecule has 5 nitrogen and oxygen atoms in total. The van der Waals surface area contributed by atoms with Crippen LogP contribution in [0.2, 0.25) is 0 Å². The zero-order chi connectivity index (χ0) is 17.2. The third-order valence-electron chi connectivity index (χ3n) is 4.96. The Kier molecular flexibility index (Phi) is 4.79. The highest BCUT2D eigenvalue weighted by Gasteiger charge is 2.34. The number of benzene rings is 1. The number of esters is 1. The van der Waals surface area contributed by atoms with E-state index >= 15 is 0 Å². The monoisotopic (exact) mass is 357 g/mol. The van der Waals surface area contributed by atoms with Gasteiger partial charge in [0.2, 0.25) is 5.16 Å². The number of carbonyl (C=O) groups excluding carboxylic acids is 1. The van der Waals surface area contributed by atoms with Crippen molar-refractivity contribution in [3.63, 3.8) is 0 Å². The summed E-state index contributed by atoms with van der Waals surface area (Å²) in [7, 11) is 0. The molecule has 0 spiro atoms. The maximum atomic E-state index is 11.9. The zero-order valence-corrected chi connectivity index (χ0v) is 15.2. The molecule has 1 saturated heterocycles. The fourth-order valence-corrected chi connectivity index (χ4v) is 4.73. The molecule has 2 heterocycles. The summed E-state index contributed by atoms with van der Waals surface area (Å²) in [5, 5.41) is 5.23. The van der Waals surface area contributed by atoms with Crippen molar-refractivity contribution >= 4 is 17.7 Å². The van der Waals surface area contributed by atoms with Gasteiger partial charge in [0.25, 0.3) is 0 Å². The molecule has 1 aliphatic carbocycles. The highest BCUT2D eigenvalue weighted by molar-refractivity contribution is 8.00. The summed E-state index contributed by atoms with van der Waals surface area (Å²) in [5.74, 6) is 1.34. The first-order valence-corrected chi connectivity index (χ1v) is 9.98. The molecular formula is C19H23N3O2S. The summed E-state index contributed by atoms with van der Waals surface area (Å²) in [6.45, 7) is 1.93. The van der Waals surface area contributed by atoms with Gasteiger partial charge in [0.05, 0.1) is 5.69 Å². The molecular weight excluding hydrogens is 334 g/mol. The van der Waals surface area contributed by atoms with E-state index in [2.05, 4.69) is 12.1 Å². The van der Waals surface area contributed by atoms with E-state index in [1.54, 1.807) is 0 Å². The van der Waals surface area contributed by atoms with Gasteiger partial charge in [-0.25, -0.2) is 9.67 Å². The Bertz CT molecular complexity index is 740. The largest absolute Gasteiger partial charge is 0.462 e. The summed E-state index contributed by atoms with van der Waals surface area (Å²) in [6, 6.07) is 10.2. The maximum Gasteiger partial charge on any atom is 0.319 e. The van der Waals surface area contributed by atoms with Gasteiger partial charge in [0.15, 0.2) is 0 Å². The lowest BCUT2D eigenvalue weighted by Gasteiger charge is -2.21. The number of hydrogen-bond donors (Lipinski definition) is 0. The van der Waals surface area contributed by atoms with Crippen LogP contribution < -0.4 is 0 Å². The van der Waals surface area contributed by atoms with E-state index in [1.807, 2.05) is 29.8 Å². The Hall–Kier alpha value is -1.82. The Balaban J connectivity index is 1.64. The molecule has 0 amide bonds. The van der Waals surface area contributed by atoms with Crippen molar-refractivity contribution in [3.8, 4) is 5.69 Å². The van der Waals surface area contributed by atoms with Crippen LogP contribution in [0.3, 0.4) is 0 Å². The quantitative estimate of drug-likeness (QED) is 0.771. The average molecular weight is 357 g/mol. The number of thioether (sulfide) groups is 1. The smallest absolute Gasteiger partial charge is 0.319 e. The highest BCUT2D eigenvalue weighted by Crippen LogP contribution is 2.36. The fraction of sp³-hybridized carbons (Fsp3) is 0.526. The molecule has 2 atom stereocenters. The Morgan fingerprint density at radius 2 is 1.92 bits per heavy atom. The van der Waals surface area contributed by atoms with Gasteiger partial charge in [-0.15, -0.1) is 5.10 Å². The molecule has 2 aromatic rings. The van der Waals surface area contributed by atoms with Gasteiger partial charge < -0.3 is 4.74 Å². The summed E-state index contributed by atoms with van der Waals surface area (Å²) < 4.78 is 7.24. The van der Waals surface area contributed by atoms with Gasteiger partial charge in [-0.1, -0.05) is 49.2 Å². The molecule has 1 saturated carbocycles. The summed E-state index contributed by atoms with van der Waals surface area (Å²) in [5.41, 5.74) is 1.03. The molecule has 4 rings (SSSR count). The molecule has 132 valence electrons. The first-order valence-electron chi connectivity index (χ1n) is 9.10. The minimum Gasteiger partial charge on any atom is -0.462 e. The molecule has 1 aliphatic heterocycles. The minimum atomic E-state index is -0.194. The Labute approximate surface area is 152 Å². The predicted octanol–water partition coefficient (Wildman–Crippen LogP) is 4.11. The lowest BCUT2D eigenvalue weighted by Crippen LogP contribution is -2.12. The second-order valence-corrected chi connectivity index (χ2v) is 8.09. The van der Waals surface area contributed by atoms with Crippen LogP contribution in [0.4, 0.5) is 0 Å². The molecule has 6 heteroatoms. The van der Waals surface area contributed by atoms with Crippen molar-refractivity contribution in [2.75, 3.05) is 0 Å². The molecule has 0 radical (unpaired) electrons. The first-order chi connectivity index (χ1) is 12.2. The van der Waals surface area contributed by atoms with E-state index in [-0.39, 0.29) is 17.3 Å². The lowest BCUT2D eigenvalue weighted by molar-refractivity contribution is -0.140. The fourth-order valence-electron chi connectivity index (χ4n) is 3.68. The topological polar surface area (TPSA) is 57.0 Å². The molecule has 25 heavy (non-hydrogen) atoms. The lowest BCUT2D eigenvalue weighted by atomic mass is 9.88. The molecule has 0 unspecified atom stereocenters. The standard InChI is InChI=1S/C19H23N3O2S/c1-13-12-16(18(23)24-13)25-19-20-17(14-8-4-2-5-9-14)22(21-19)15-10-6-3-7-11-15/h3,6-7,10-11,13-14,16H,2,4-5,8-9,12H2,1H3/t13-,16-/m1/s1. The number of hydrogen-bond acceptors (Lipinski definition) is 5. The van der Waals surface area contributed by atoms with Crippen LogP contribution in [0.25, 0.3) is 5.69 Å². The number of rotatable bonds is 4. The highest BCUT2D eigenvalue weighted by atomic mass is 32.2. The second kappa shape index (κ2) is 7.20. The minimum absolute atomic E-state index is 0.0148. The second-order valence-electron chi connectivity index (χ2n) is 6.92. The molecule has 2 aliphatic rings. The van der Waals surface area contributed by atoms with E-state index in [0.29, 0.717) is 11.1 Å². The van der Waals surface area contributed by atoms with Crippen molar-refractivity contribution < 1.29 is 9.53 Å². The number of nitrogens with zero attached hydrogens (tertiary/aromatic N) is 3. The normalized spacial score (nSPS) is 24.4. The van der Waals surface area contributed by atoms with Gasteiger partial charge in [-0.05, 0) is 31.9 Å². The summed E-state index contributed by atoms with van der Waals surface area (Å²) >= 11 is 1.44. The van der Waals surface area contributed by atoms with E-state index < -0.39 is 0 Å². The van der Waals surface area contributed by atoms with Crippen LogP contribution >= 0.6 is 11.8 Å². The maximum absolute atomic E-state index is 11.9. The van der Waals surface area contributed by atoms with Gasteiger partial charge in [-0.2, -0.15) is 0 Å². The van der Waals surface area contributed by atoms with Gasteiger partial charge >= 0.3 is 5.97 Å². The molecule has 2 fully saturated rings. The van der Waals surface area contributed by atoms with Gasteiger partial charge in [0, 0.05) is 12.3 Å². The first kappa shape index (κ1) is 16.6. The van der Waals surface area contributed by atoms with Crippen molar-refractivity contribution in [2.24, 2.45) is 0 Å². The van der Waals surface area contributed by atoms with Crippen LogP contribution in [0.5, 0.6) is 0 Å².